The van der Waals surface area contributed by atoms with Crippen molar-refractivity contribution in [1.29, 1.82) is 0 Å². The van der Waals surface area contributed by atoms with Gasteiger partial charge in [0.05, 0.1) is 6.61 Å². The highest BCUT2D eigenvalue weighted by Crippen LogP contribution is 2.17. The molecule has 0 unspecified atom stereocenters. The number of nitrogens with zero attached hydrogens (tertiary/aromatic N) is 1. The molecular weight excluding hydrogens is 252 g/mol. The molecule has 1 aromatic heterocycles. The summed E-state index contributed by atoms with van der Waals surface area (Å²) >= 11 is 0. The lowest BCUT2D eigenvalue weighted by Crippen LogP contribution is -2.28. The summed E-state index contributed by atoms with van der Waals surface area (Å²) in [6, 6.07) is 7.78. The number of carbonyl (C=O) groups is 1. The minimum absolute atomic E-state index is 0.0156. The molecule has 4 nitrogen and oxygen atoms in total. The van der Waals surface area contributed by atoms with Gasteiger partial charge >= 0.3 is 0 Å². The molecule has 0 aliphatic carbocycles. The van der Waals surface area contributed by atoms with Crippen LogP contribution in [0.1, 0.15) is 25.8 Å². The Morgan fingerprint density at radius 1 is 1.35 bits per heavy atom. The first kappa shape index (κ1) is 14.6. The minimum Gasteiger partial charge on any atom is -0.392 e. The first-order valence-corrected chi connectivity index (χ1v) is 7.05. The Hall–Kier alpha value is -1.81. The molecule has 0 saturated carbocycles. The fourth-order valence-corrected chi connectivity index (χ4v) is 2.18. The number of fused-ring (bicyclic) bond motifs is 1. The van der Waals surface area contributed by atoms with Crippen molar-refractivity contribution in [2.24, 2.45) is 5.92 Å². The van der Waals surface area contributed by atoms with Crippen LogP contribution in [0.4, 0.5) is 0 Å². The third kappa shape index (κ3) is 3.61. The van der Waals surface area contributed by atoms with E-state index in [-0.39, 0.29) is 12.5 Å². The van der Waals surface area contributed by atoms with Gasteiger partial charge in [-0.25, -0.2) is 0 Å². The van der Waals surface area contributed by atoms with Gasteiger partial charge in [-0.1, -0.05) is 26.0 Å². The summed E-state index contributed by atoms with van der Waals surface area (Å²) in [6.45, 7) is 5.33. The fraction of sp³-hybridized carbons (Fsp3) is 0.438. The second-order valence-electron chi connectivity index (χ2n) is 5.53. The van der Waals surface area contributed by atoms with Gasteiger partial charge in [0.15, 0.2) is 0 Å². The largest absolute Gasteiger partial charge is 0.392 e. The van der Waals surface area contributed by atoms with Gasteiger partial charge in [-0.15, -0.1) is 0 Å². The number of carbonyl (C=O) groups excluding carboxylic acids is 1. The van der Waals surface area contributed by atoms with Crippen molar-refractivity contribution in [2.45, 2.75) is 33.4 Å². The quantitative estimate of drug-likeness (QED) is 0.849. The second kappa shape index (κ2) is 6.57. The number of aliphatic hydroxyl groups excluding tert-OH is 1. The highest BCUT2D eigenvalue weighted by molar-refractivity contribution is 5.83. The first-order valence-electron chi connectivity index (χ1n) is 7.05. The second-order valence-corrected chi connectivity index (χ2v) is 5.53. The lowest BCUT2D eigenvalue weighted by Gasteiger charge is -2.09. The summed E-state index contributed by atoms with van der Waals surface area (Å²) in [5.41, 5.74) is 1.84. The molecule has 2 rings (SSSR count). The highest BCUT2D eigenvalue weighted by Gasteiger charge is 2.07. The maximum Gasteiger partial charge on any atom is 0.239 e. The molecule has 2 N–H and O–H groups in total. The molecule has 2 aromatic rings. The van der Waals surface area contributed by atoms with E-state index in [9.17, 15) is 9.90 Å². The predicted octanol–water partition coefficient (Wildman–Crippen LogP) is 2.30. The summed E-state index contributed by atoms with van der Waals surface area (Å²) in [5.74, 6) is 0.618. The number of aliphatic hydroxyl groups is 1. The Morgan fingerprint density at radius 3 is 2.85 bits per heavy atom. The van der Waals surface area contributed by atoms with Crippen LogP contribution in [0, 0.1) is 5.92 Å². The molecule has 0 atom stereocenters. The van der Waals surface area contributed by atoms with Crippen LogP contribution >= 0.6 is 0 Å². The predicted molar refractivity (Wildman–Crippen MR) is 80.3 cm³/mol. The van der Waals surface area contributed by atoms with E-state index in [0.29, 0.717) is 12.5 Å². The molecule has 1 heterocycles. The zero-order valence-corrected chi connectivity index (χ0v) is 12.1. The average molecular weight is 274 g/mol. The van der Waals surface area contributed by atoms with Crippen LogP contribution in [0.3, 0.4) is 0 Å². The Kier molecular flexibility index (Phi) is 4.79. The third-order valence-electron chi connectivity index (χ3n) is 3.38. The lowest BCUT2D eigenvalue weighted by molar-refractivity contribution is -0.121. The molecule has 0 aliphatic heterocycles. The molecular formula is C16H22N2O2. The summed E-state index contributed by atoms with van der Waals surface area (Å²) in [6.07, 6.45) is 2.90. The highest BCUT2D eigenvalue weighted by atomic mass is 16.3. The van der Waals surface area contributed by atoms with E-state index in [0.717, 1.165) is 29.4 Å². The van der Waals surface area contributed by atoms with E-state index in [1.54, 1.807) is 0 Å². The van der Waals surface area contributed by atoms with Crippen LogP contribution in [0.2, 0.25) is 0 Å². The van der Waals surface area contributed by atoms with Gasteiger partial charge < -0.3 is 15.0 Å². The number of benzene rings is 1. The smallest absolute Gasteiger partial charge is 0.239 e. The molecule has 108 valence electrons. The van der Waals surface area contributed by atoms with E-state index >= 15 is 0 Å². The van der Waals surface area contributed by atoms with Crippen molar-refractivity contribution in [3.05, 3.63) is 36.0 Å². The van der Waals surface area contributed by atoms with Gasteiger partial charge in [0.1, 0.15) is 6.54 Å². The van der Waals surface area contributed by atoms with Crippen molar-refractivity contribution in [3.8, 4) is 0 Å². The van der Waals surface area contributed by atoms with Crippen molar-refractivity contribution in [3.63, 3.8) is 0 Å². The van der Waals surface area contributed by atoms with Crippen molar-refractivity contribution in [2.75, 3.05) is 6.54 Å². The van der Waals surface area contributed by atoms with Gasteiger partial charge in [-0.05, 0) is 35.4 Å². The number of hydrogen-bond donors (Lipinski definition) is 2. The topological polar surface area (TPSA) is 54.3 Å². The Bertz CT molecular complexity index is 587. The fourth-order valence-electron chi connectivity index (χ4n) is 2.18. The van der Waals surface area contributed by atoms with E-state index < -0.39 is 0 Å². The van der Waals surface area contributed by atoms with Gasteiger partial charge in [-0.2, -0.15) is 0 Å². The van der Waals surface area contributed by atoms with Gasteiger partial charge in [0, 0.05) is 18.3 Å². The molecule has 0 saturated heterocycles. The Morgan fingerprint density at radius 2 is 2.15 bits per heavy atom. The monoisotopic (exact) mass is 274 g/mol. The maximum absolute atomic E-state index is 11.9. The van der Waals surface area contributed by atoms with Crippen LogP contribution in [0.25, 0.3) is 10.9 Å². The molecule has 4 heteroatoms. The van der Waals surface area contributed by atoms with Crippen LogP contribution in [0.15, 0.2) is 30.5 Å². The minimum atomic E-state index is 0.0156. The number of nitrogens with one attached hydrogen (secondary N) is 1. The molecule has 0 aliphatic rings. The number of aromatic nitrogens is 1. The van der Waals surface area contributed by atoms with Crippen LogP contribution in [0.5, 0.6) is 0 Å². The van der Waals surface area contributed by atoms with E-state index in [1.165, 1.54) is 0 Å². The van der Waals surface area contributed by atoms with Crippen LogP contribution < -0.4 is 5.32 Å². The molecule has 0 bridgehead atoms. The third-order valence-corrected chi connectivity index (χ3v) is 3.38. The summed E-state index contributed by atoms with van der Waals surface area (Å²) < 4.78 is 1.92. The standard InChI is InChI=1S/C16H22N2O2/c1-12(2)5-7-17-16(20)10-18-8-6-14-4-3-13(11-19)9-15(14)18/h3-4,6,8-9,12,19H,5,7,10-11H2,1-2H3,(H,17,20). The summed E-state index contributed by atoms with van der Waals surface area (Å²) in [4.78, 5) is 11.9. The molecule has 20 heavy (non-hydrogen) atoms. The molecule has 0 fully saturated rings. The van der Waals surface area contributed by atoms with E-state index in [2.05, 4.69) is 19.2 Å². The number of hydrogen-bond acceptors (Lipinski definition) is 2. The summed E-state index contributed by atoms with van der Waals surface area (Å²) in [7, 11) is 0. The molecule has 0 radical (unpaired) electrons. The molecule has 1 aromatic carbocycles. The van der Waals surface area contributed by atoms with Crippen LogP contribution in [-0.4, -0.2) is 22.1 Å². The number of rotatable bonds is 6. The number of amides is 1. The lowest BCUT2D eigenvalue weighted by atomic mass is 10.1. The first-order chi connectivity index (χ1) is 9.60. The summed E-state index contributed by atoms with van der Waals surface area (Å²) in [5, 5.41) is 13.2. The van der Waals surface area contributed by atoms with Gasteiger partial charge in [-0.3, -0.25) is 4.79 Å². The Balaban J connectivity index is 2.03. The molecule has 1 amide bonds. The van der Waals surface area contributed by atoms with Crippen LogP contribution in [-0.2, 0) is 17.9 Å². The maximum atomic E-state index is 11.9. The van der Waals surface area contributed by atoms with Gasteiger partial charge in [0.2, 0.25) is 5.91 Å². The van der Waals surface area contributed by atoms with Crippen molar-refractivity contribution < 1.29 is 9.90 Å². The zero-order valence-electron chi connectivity index (χ0n) is 12.1. The van der Waals surface area contributed by atoms with Crippen molar-refractivity contribution in [1.82, 2.24) is 9.88 Å². The van der Waals surface area contributed by atoms with E-state index in [1.807, 2.05) is 35.0 Å². The van der Waals surface area contributed by atoms with Gasteiger partial charge in [0.25, 0.3) is 0 Å². The van der Waals surface area contributed by atoms with E-state index in [4.69, 9.17) is 0 Å². The zero-order chi connectivity index (χ0) is 14.5. The Labute approximate surface area is 119 Å². The SMILES string of the molecule is CC(C)CCNC(=O)Cn1ccc2ccc(CO)cc21. The normalized spacial score (nSPS) is 11.2. The van der Waals surface area contributed by atoms with Crippen molar-refractivity contribution >= 4 is 16.8 Å². The molecule has 0 spiro atoms. The average Bonchev–Trinajstić information content (AvgIpc) is 2.80.